The van der Waals surface area contributed by atoms with Gasteiger partial charge in [-0.1, -0.05) is 42.5 Å². The van der Waals surface area contributed by atoms with Crippen molar-refractivity contribution < 1.29 is 4.74 Å². The predicted molar refractivity (Wildman–Crippen MR) is 84.9 cm³/mol. The van der Waals surface area contributed by atoms with Gasteiger partial charge in [-0.15, -0.1) is 11.3 Å². The summed E-state index contributed by atoms with van der Waals surface area (Å²) in [5.41, 5.74) is 9.21. The molecule has 0 bridgehead atoms. The highest BCUT2D eigenvalue weighted by Crippen LogP contribution is 2.29. The van der Waals surface area contributed by atoms with Crippen molar-refractivity contribution in [1.29, 1.82) is 0 Å². The first kappa shape index (κ1) is 12.8. The lowest BCUT2D eigenvalue weighted by molar-refractivity contribution is 0.306. The molecule has 0 aliphatic carbocycles. The van der Waals surface area contributed by atoms with Crippen LogP contribution in [0.2, 0.25) is 0 Å². The maximum atomic E-state index is 5.83. The molecule has 0 aliphatic rings. The summed E-state index contributed by atoms with van der Waals surface area (Å²) in [5.74, 6) is 0.871. The molecule has 0 radical (unpaired) electrons. The zero-order valence-electron chi connectivity index (χ0n) is 11.0. The fraction of sp³-hybridized carbons (Fsp3) is 0.0588. The quantitative estimate of drug-likeness (QED) is 0.760. The molecule has 0 atom stereocenters. The molecule has 1 aromatic heterocycles. The average molecular weight is 281 g/mol. The van der Waals surface area contributed by atoms with Gasteiger partial charge in [-0.3, -0.25) is 0 Å². The Labute approximate surface area is 122 Å². The van der Waals surface area contributed by atoms with Crippen molar-refractivity contribution >= 4 is 16.3 Å². The zero-order chi connectivity index (χ0) is 13.8. The van der Waals surface area contributed by atoms with Crippen LogP contribution >= 0.6 is 11.3 Å². The van der Waals surface area contributed by atoms with Crippen LogP contribution in [0.1, 0.15) is 5.56 Å². The fourth-order valence-electron chi connectivity index (χ4n) is 2.01. The van der Waals surface area contributed by atoms with E-state index in [9.17, 15) is 0 Å². The number of ether oxygens (including phenoxy) is 1. The van der Waals surface area contributed by atoms with Gasteiger partial charge in [0.05, 0.1) is 5.00 Å². The van der Waals surface area contributed by atoms with Crippen LogP contribution in [0.15, 0.2) is 66.0 Å². The van der Waals surface area contributed by atoms with E-state index in [4.69, 9.17) is 10.5 Å². The third-order valence-corrected chi connectivity index (χ3v) is 3.80. The van der Waals surface area contributed by atoms with Gasteiger partial charge in [0.1, 0.15) is 12.4 Å². The van der Waals surface area contributed by atoms with E-state index in [1.54, 1.807) is 11.3 Å². The largest absolute Gasteiger partial charge is 0.489 e. The Morgan fingerprint density at radius 1 is 0.900 bits per heavy atom. The minimum absolute atomic E-state index is 0.579. The van der Waals surface area contributed by atoms with E-state index < -0.39 is 0 Å². The number of rotatable bonds is 4. The molecule has 20 heavy (non-hydrogen) atoms. The van der Waals surface area contributed by atoms with Gasteiger partial charge in [0.25, 0.3) is 0 Å². The summed E-state index contributed by atoms with van der Waals surface area (Å²) < 4.78 is 5.83. The number of benzene rings is 2. The van der Waals surface area contributed by atoms with Crippen molar-refractivity contribution in [2.45, 2.75) is 6.61 Å². The van der Waals surface area contributed by atoms with Gasteiger partial charge in [0.15, 0.2) is 0 Å². The molecular formula is C17H15NOS. The summed E-state index contributed by atoms with van der Waals surface area (Å²) in [4.78, 5) is 0. The number of anilines is 1. The van der Waals surface area contributed by atoms with Gasteiger partial charge >= 0.3 is 0 Å². The minimum Gasteiger partial charge on any atom is -0.489 e. The smallest absolute Gasteiger partial charge is 0.120 e. The van der Waals surface area contributed by atoms with Gasteiger partial charge in [-0.2, -0.15) is 0 Å². The second-order valence-corrected chi connectivity index (χ2v) is 5.48. The Morgan fingerprint density at radius 2 is 1.75 bits per heavy atom. The van der Waals surface area contributed by atoms with Crippen molar-refractivity contribution in [1.82, 2.24) is 0 Å². The molecule has 3 heteroatoms. The Morgan fingerprint density at radius 3 is 2.50 bits per heavy atom. The SMILES string of the molecule is Nc1cc(-c2cccc(OCc3ccccc3)c2)cs1. The Balaban J connectivity index is 1.75. The van der Waals surface area contributed by atoms with Crippen molar-refractivity contribution in [3.05, 3.63) is 71.6 Å². The van der Waals surface area contributed by atoms with Crippen LogP contribution < -0.4 is 10.5 Å². The molecule has 0 fully saturated rings. The number of hydrogen-bond donors (Lipinski definition) is 1. The van der Waals surface area contributed by atoms with Gasteiger partial charge in [-0.05, 0) is 34.9 Å². The third kappa shape index (κ3) is 3.00. The Bertz CT molecular complexity index is 691. The van der Waals surface area contributed by atoms with Crippen LogP contribution in [0, 0.1) is 0 Å². The second-order valence-electron chi connectivity index (χ2n) is 4.54. The lowest BCUT2D eigenvalue weighted by atomic mass is 10.1. The highest BCUT2D eigenvalue weighted by atomic mass is 32.1. The molecule has 0 saturated heterocycles. The van der Waals surface area contributed by atoms with Crippen LogP contribution in [0.3, 0.4) is 0 Å². The van der Waals surface area contributed by atoms with Gasteiger partial charge < -0.3 is 10.5 Å². The molecule has 1 heterocycles. The predicted octanol–water partition coefficient (Wildman–Crippen LogP) is 4.58. The summed E-state index contributed by atoms with van der Waals surface area (Å²) in [6, 6.07) is 20.2. The first-order valence-corrected chi connectivity index (χ1v) is 7.30. The maximum absolute atomic E-state index is 5.83. The molecule has 2 aromatic carbocycles. The number of hydrogen-bond acceptors (Lipinski definition) is 3. The molecule has 2 nitrogen and oxygen atoms in total. The lowest BCUT2D eigenvalue weighted by Gasteiger charge is -2.07. The first-order chi connectivity index (χ1) is 9.81. The molecule has 3 rings (SSSR count). The van der Waals surface area contributed by atoms with Crippen LogP contribution in [0.25, 0.3) is 11.1 Å². The van der Waals surface area contributed by atoms with Crippen molar-refractivity contribution in [2.75, 3.05) is 5.73 Å². The Hall–Kier alpha value is -2.26. The molecule has 0 unspecified atom stereocenters. The summed E-state index contributed by atoms with van der Waals surface area (Å²) in [7, 11) is 0. The normalized spacial score (nSPS) is 10.4. The van der Waals surface area contributed by atoms with Crippen LogP contribution in [0.4, 0.5) is 5.00 Å². The van der Waals surface area contributed by atoms with Gasteiger partial charge in [0.2, 0.25) is 0 Å². The van der Waals surface area contributed by atoms with E-state index in [2.05, 4.69) is 23.6 Å². The fourth-order valence-corrected chi connectivity index (χ4v) is 2.67. The standard InChI is InChI=1S/C17H15NOS/c18-17-10-15(12-20-17)14-7-4-8-16(9-14)19-11-13-5-2-1-3-6-13/h1-10,12H,11,18H2. The highest BCUT2D eigenvalue weighted by Gasteiger charge is 2.02. The Kier molecular flexibility index (Phi) is 3.70. The van der Waals surface area contributed by atoms with Crippen LogP contribution in [0.5, 0.6) is 5.75 Å². The maximum Gasteiger partial charge on any atom is 0.120 e. The number of thiophene rings is 1. The highest BCUT2D eigenvalue weighted by molar-refractivity contribution is 7.14. The molecule has 0 aliphatic heterocycles. The van der Waals surface area contributed by atoms with E-state index in [0.29, 0.717) is 6.61 Å². The number of nitrogen functional groups attached to an aromatic ring is 1. The molecule has 0 amide bonds. The third-order valence-electron chi connectivity index (χ3n) is 3.04. The van der Waals surface area contributed by atoms with E-state index in [1.165, 1.54) is 0 Å². The van der Waals surface area contributed by atoms with E-state index in [0.717, 1.165) is 27.4 Å². The minimum atomic E-state index is 0.579. The van der Waals surface area contributed by atoms with E-state index in [1.807, 2.05) is 42.5 Å². The van der Waals surface area contributed by atoms with Crippen molar-refractivity contribution in [2.24, 2.45) is 0 Å². The molecule has 0 spiro atoms. The van der Waals surface area contributed by atoms with Crippen molar-refractivity contribution in [3.63, 3.8) is 0 Å². The molecule has 100 valence electrons. The summed E-state index contributed by atoms with van der Waals surface area (Å²) in [6.45, 7) is 0.579. The van der Waals surface area contributed by atoms with Gasteiger partial charge in [-0.25, -0.2) is 0 Å². The summed E-state index contributed by atoms with van der Waals surface area (Å²) in [5, 5.41) is 2.89. The first-order valence-electron chi connectivity index (χ1n) is 6.42. The average Bonchev–Trinajstić information content (AvgIpc) is 2.93. The van der Waals surface area contributed by atoms with Crippen LogP contribution in [-0.4, -0.2) is 0 Å². The molecule has 2 N–H and O–H groups in total. The molecular weight excluding hydrogens is 266 g/mol. The topological polar surface area (TPSA) is 35.2 Å². The van der Waals surface area contributed by atoms with Gasteiger partial charge in [0, 0.05) is 5.38 Å². The zero-order valence-corrected chi connectivity index (χ0v) is 11.8. The molecule has 3 aromatic rings. The van der Waals surface area contributed by atoms with Crippen LogP contribution in [-0.2, 0) is 6.61 Å². The summed E-state index contributed by atoms with van der Waals surface area (Å²) in [6.07, 6.45) is 0. The lowest BCUT2D eigenvalue weighted by Crippen LogP contribution is -1.94. The van der Waals surface area contributed by atoms with E-state index in [-0.39, 0.29) is 0 Å². The summed E-state index contributed by atoms with van der Waals surface area (Å²) >= 11 is 1.55. The van der Waals surface area contributed by atoms with E-state index >= 15 is 0 Å². The monoisotopic (exact) mass is 281 g/mol. The second kappa shape index (κ2) is 5.80. The number of nitrogens with two attached hydrogens (primary N) is 1. The molecule has 0 saturated carbocycles. The van der Waals surface area contributed by atoms with Crippen molar-refractivity contribution in [3.8, 4) is 16.9 Å².